The number of Topliss-reactive ketones (excluding diaryl/α,β-unsaturated/α-hetero) is 1. The number of fused-ring (bicyclic) bond motifs is 2. The zero-order valence-electron chi connectivity index (χ0n) is 13.7. The number of hydrogen-bond donors (Lipinski definition) is 1. The van der Waals surface area contributed by atoms with Crippen molar-refractivity contribution in [1.82, 2.24) is 9.88 Å². The fraction of sp³-hybridized carbons (Fsp3) is 0.421. The third-order valence-corrected chi connectivity index (χ3v) is 5.41. The van der Waals surface area contributed by atoms with E-state index in [2.05, 4.69) is 4.98 Å². The van der Waals surface area contributed by atoms with Crippen LogP contribution < -0.4 is 0 Å². The van der Waals surface area contributed by atoms with E-state index in [1.165, 1.54) is 4.90 Å². The molecule has 1 aromatic heterocycles. The minimum atomic E-state index is -0.205. The molecule has 1 aliphatic heterocycles. The van der Waals surface area contributed by atoms with E-state index in [9.17, 15) is 14.4 Å². The van der Waals surface area contributed by atoms with Gasteiger partial charge in [0.25, 0.3) is 0 Å². The Kier molecular flexibility index (Phi) is 3.52. The van der Waals surface area contributed by atoms with Crippen molar-refractivity contribution in [3.05, 3.63) is 35.5 Å². The number of likely N-dealkylation sites (tertiary alicyclic amines) is 1. The number of benzene rings is 1. The highest BCUT2D eigenvalue weighted by molar-refractivity contribution is 6.14. The third-order valence-electron chi connectivity index (χ3n) is 5.41. The first-order valence-electron chi connectivity index (χ1n) is 8.53. The molecule has 0 spiro atoms. The standard InChI is InChI=1S/C19H20N2O3/c1-11-17(14-8-4-5-9-15(14)20-11)16(22)10-21-18(23)12-6-2-3-7-13(12)19(21)24/h4-5,8-9,12-13,20H,2-3,6-7,10H2,1H3. The number of carbonyl (C=O) groups excluding carboxylic acids is 3. The largest absolute Gasteiger partial charge is 0.358 e. The molecular weight excluding hydrogens is 304 g/mol. The molecule has 2 aliphatic rings. The molecule has 0 radical (unpaired) electrons. The number of ketones is 1. The van der Waals surface area contributed by atoms with Gasteiger partial charge >= 0.3 is 0 Å². The summed E-state index contributed by atoms with van der Waals surface area (Å²) in [5.74, 6) is -0.900. The summed E-state index contributed by atoms with van der Waals surface area (Å²) in [7, 11) is 0. The number of imide groups is 1. The van der Waals surface area contributed by atoms with Crippen LogP contribution in [-0.2, 0) is 9.59 Å². The van der Waals surface area contributed by atoms with E-state index in [1.807, 2.05) is 31.2 Å². The van der Waals surface area contributed by atoms with Crippen LogP contribution in [0.15, 0.2) is 24.3 Å². The quantitative estimate of drug-likeness (QED) is 0.697. The number of nitrogens with one attached hydrogen (secondary N) is 1. The summed E-state index contributed by atoms with van der Waals surface area (Å²) in [5.41, 5.74) is 2.25. The molecule has 0 bridgehead atoms. The molecule has 2 atom stereocenters. The highest BCUT2D eigenvalue weighted by Crippen LogP contribution is 2.38. The monoisotopic (exact) mass is 324 g/mol. The third kappa shape index (κ3) is 2.19. The van der Waals surface area contributed by atoms with Gasteiger partial charge in [-0.25, -0.2) is 0 Å². The summed E-state index contributed by atoms with van der Waals surface area (Å²) in [6.45, 7) is 1.70. The van der Waals surface area contributed by atoms with Crippen LogP contribution in [0.2, 0.25) is 0 Å². The molecule has 1 aliphatic carbocycles. The zero-order chi connectivity index (χ0) is 16.8. The predicted molar refractivity (Wildman–Crippen MR) is 89.5 cm³/mol. The molecule has 5 nitrogen and oxygen atoms in total. The van der Waals surface area contributed by atoms with Gasteiger partial charge in [0.15, 0.2) is 5.78 Å². The Morgan fingerprint density at radius 1 is 1.12 bits per heavy atom. The lowest BCUT2D eigenvalue weighted by molar-refractivity contribution is -0.139. The van der Waals surface area contributed by atoms with Crippen LogP contribution >= 0.6 is 0 Å². The molecule has 1 saturated heterocycles. The average Bonchev–Trinajstić information content (AvgIpc) is 3.04. The van der Waals surface area contributed by atoms with E-state index < -0.39 is 0 Å². The summed E-state index contributed by atoms with van der Waals surface area (Å²) in [6, 6.07) is 7.59. The van der Waals surface area contributed by atoms with Gasteiger partial charge in [0, 0.05) is 22.2 Å². The van der Waals surface area contributed by atoms with Crippen molar-refractivity contribution in [1.29, 1.82) is 0 Å². The topological polar surface area (TPSA) is 70.2 Å². The van der Waals surface area contributed by atoms with Crippen molar-refractivity contribution in [2.45, 2.75) is 32.6 Å². The van der Waals surface area contributed by atoms with Crippen molar-refractivity contribution in [3.63, 3.8) is 0 Å². The van der Waals surface area contributed by atoms with Crippen molar-refractivity contribution < 1.29 is 14.4 Å². The van der Waals surface area contributed by atoms with Gasteiger partial charge in [0.2, 0.25) is 11.8 Å². The summed E-state index contributed by atoms with van der Waals surface area (Å²) in [4.78, 5) is 42.3. The minimum Gasteiger partial charge on any atom is -0.358 e. The maximum Gasteiger partial charge on any atom is 0.233 e. The number of para-hydroxylation sites is 1. The maximum atomic E-state index is 12.8. The number of hydrogen-bond acceptors (Lipinski definition) is 3. The molecule has 5 heteroatoms. The molecular formula is C19H20N2O3. The van der Waals surface area contributed by atoms with Gasteiger partial charge in [-0.05, 0) is 25.8 Å². The predicted octanol–water partition coefficient (Wildman–Crippen LogP) is 2.83. The van der Waals surface area contributed by atoms with E-state index in [-0.39, 0.29) is 36.0 Å². The highest BCUT2D eigenvalue weighted by atomic mass is 16.2. The SMILES string of the molecule is Cc1[nH]c2ccccc2c1C(=O)CN1C(=O)C2CCCCC2C1=O. The summed E-state index contributed by atoms with van der Waals surface area (Å²) in [5, 5.41) is 0.844. The second-order valence-electron chi connectivity index (χ2n) is 6.85. The summed E-state index contributed by atoms with van der Waals surface area (Å²) in [6.07, 6.45) is 3.52. The Labute approximate surface area is 140 Å². The first-order valence-corrected chi connectivity index (χ1v) is 8.53. The Morgan fingerprint density at radius 2 is 1.75 bits per heavy atom. The van der Waals surface area contributed by atoms with Gasteiger partial charge < -0.3 is 4.98 Å². The van der Waals surface area contributed by atoms with Crippen LogP contribution in [0.1, 0.15) is 41.7 Å². The van der Waals surface area contributed by atoms with Crippen LogP contribution in [0.5, 0.6) is 0 Å². The fourth-order valence-electron chi connectivity index (χ4n) is 4.25. The van der Waals surface area contributed by atoms with Gasteiger partial charge in [-0.2, -0.15) is 0 Å². The van der Waals surface area contributed by atoms with E-state index in [1.54, 1.807) is 0 Å². The number of nitrogens with zero attached hydrogens (tertiary/aromatic N) is 1. The lowest BCUT2D eigenvalue weighted by atomic mass is 9.81. The molecule has 2 aromatic rings. The Balaban J connectivity index is 1.63. The molecule has 2 heterocycles. The molecule has 24 heavy (non-hydrogen) atoms. The highest BCUT2D eigenvalue weighted by Gasteiger charge is 2.48. The fourth-order valence-corrected chi connectivity index (χ4v) is 4.25. The number of H-pyrrole nitrogens is 1. The summed E-state index contributed by atoms with van der Waals surface area (Å²) >= 11 is 0. The van der Waals surface area contributed by atoms with E-state index in [0.717, 1.165) is 42.3 Å². The normalized spacial score (nSPS) is 23.8. The van der Waals surface area contributed by atoms with Gasteiger partial charge in [-0.1, -0.05) is 31.0 Å². The lowest BCUT2D eigenvalue weighted by Gasteiger charge is -2.19. The lowest BCUT2D eigenvalue weighted by Crippen LogP contribution is -2.36. The Hall–Kier alpha value is -2.43. The van der Waals surface area contributed by atoms with Crippen molar-refractivity contribution in [3.8, 4) is 0 Å². The van der Waals surface area contributed by atoms with Crippen LogP contribution in [0.4, 0.5) is 0 Å². The number of aromatic nitrogens is 1. The van der Waals surface area contributed by atoms with Crippen LogP contribution in [0.3, 0.4) is 0 Å². The van der Waals surface area contributed by atoms with Crippen molar-refractivity contribution in [2.75, 3.05) is 6.54 Å². The number of aryl methyl sites for hydroxylation is 1. The van der Waals surface area contributed by atoms with Crippen molar-refractivity contribution >= 4 is 28.5 Å². The molecule has 2 unspecified atom stereocenters. The Morgan fingerprint density at radius 3 is 2.42 bits per heavy atom. The molecule has 1 saturated carbocycles. The minimum absolute atomic E-state index is 0.145. The Bertz CT molecular complexity index is 827. The number of amides is 2. The van der Waals surface area contributed by atoms with Crippen LogP contribution in [0.25, 0.3) is 10.9 Å². The van der Waals surface area contributed by atoms with Crippen LogP contribution in [-0.4, -0.2) is 34.0 Å². The molecule has 1 aromatic carbocycles. The second-order valence-corrected chi connectivity index (χ2v) is 6.85. The first kappa shape index (κ1) is 15.1. The van der Waals surface area contributed by atoms with E-state index >= 15 is 0 Å². The number of aromatic amines is 1. The van der Waals surface area contributed by atoms with Gasteiger partial charge in [0.1, 0.15) is 0 Å². The van der Waals surface area contributed by atoms with Crippen molar-refractivity contribution in [2.24, 2.45) is 11.8 Å². The molecule has 2 fully saturated rings. The molecule has 2 amide bonds. The van der Waals surface area contributed by atoms with E-state index in [0.29, 0.717) is 5.56 Å². The average molecular weight is 324 g/mol. The number of carbonyl (C=O) groups is 3. The molecule has 4 rings (SSSR count). The first-order chi connectivity index (χ1) is 11.6. The zero-order valence-corrected chi connectivity index (χ0v) is 13.7. The van der Waals surface area contributed by atoms with Gasteiger partial charge in [0.05, 0.1) is 18.4 Å². The number of rotatable bonds is 3. The van der Waals surface area contributed by atoms with Gasteiger partial charge in [-0.15, -0.1) is 0 Å². The van der Waals surface area contributed by atoms with Gasteiger partial charge in [-0.3, -0.25) is 19.3 Å². The second kappa shape index (κ2) is 5.58. The molecule has 1 N–H and O–H groups in total. The maximum absolute atomic E-state index is 12.8. The van der Waals surface area contributed by atoms with Crippen LogP contribution in [0, 0.1) is 18.8 Å². The smallest absolute Gasteiger partial charge is 0.233 e. The summed E-state index contributed by atoms with van der Waals surface area (Å²) < 4.78 is 0. The van der Waals surface area contributed by atoms with E-state index in [4.69, 9.17) is 0 Å². The molecule has 124 valence electrons.